The number of amides is 1. The Balaban J connectivity index is 1.84. The van der Waals surface area contributed by atoms with Crippen LogP contribution in [-0.2, 0) is 20.0 Å². The Hall–Kier alpha value is -2.14. The average molecular weight is 258 g/mol. The molecular formula is C14H18N4O. The molecule has 0 saturated carbocycles. The van der Waals surface area contributed by atoms with Gasteiger partial charge in [0.05, 0.1) is 5.69 Å². The van der Waals surface area contributed by atoms with E-state index in [9.17, 15) is 4.79 Å². The van der Waals surface area contributed by atoms with Crippen LogP contribution in [0.5, 0.6) is 0 Å². The van der Waals surface area contributed by atoms with Crippen LogP contribution in [0.2, 0.25) is 0 Å². The van der Waals surface area contributed by atoms with E-state index in [1.54, 1.807) is 10.7 Å². The van der Waals surface area contributed by atoms with E-state index < -0.39 is 0 Å². The minimum absolute atomic E-state index is 0.387. The molecule has 0 atom stereocenters. The van der Waals surface area contributed by atoms with Crippen LogP contribution >= 0.6 is 0 Å². The van der Waals surface area contributed by atoms with Gasteiger partial charge >= 0.3 is 0 Å². The summed E-state index contributed by atoms with van der Waals surface area (Å²) in [6, 6.07) is 9.38. The Labute approximate surface area is 112 Å². The molecule has 0 saturated heterocycles. The van der Waals surface area contributed by atoms with E-state index in [1.165, 1.54) is 0 Å². The standard InChI is InChI=1S/C14H18N4O/c1-18-9-7-12(17-18)6-8-16-10-11-4-2-3-5-13(11)14(15)19/h2-5,7,9,16H,6,8,10H2,1H3,(H2,15,19). The SMILES string of the molecule is Cn1ccc(CCNCc2ccccc2C(N)=O)n1. The molecule has 2 aromatic rings. The lowest BCUT2D eigenvalue weighted by Crippen LogP contribution is -2.20. The van der Waals surface area contributed by atoms with Crippen molar-refractivity contribution in [1.29, 1.82) is 0 Å². The second kappa shape index (κ2) is 6.15. The second-order valence-electron chi connectivity index (χ2n) is 4.43. The van der Waals surface area contributed by atoms with Crippen LogP contribution < -0.4 is 11.1 Å². The van der Waals surface area contributed by atoms with Crippen molar-refractivity contribution in [2.75, 3.05) is 6.54 Å². The molecule has 5 nitrogen and oxygen atoms in total. The molecule has 0 aliphatic carbocycles. The number of primary amides is 1. The van der Waals surface area contributed by atoms with Gasteiger partial charge < -0.3 is 11.1 Å². The molecule has 0 unspecified atom stereocenters. The van der Waals surface area contributed by atoms with Crippen molar-refractivity contribution in [1.82, 2.24) is 15.1 Å². The summed E-state index contributed by atoms with van der Waals surface area (Å²) in [5, 5.41) is 7.60. The molecule has 0 aliphatic heterocycles. The van der Waals surface area contributed by atoms with E-state index in [2.05, 4.69) is 10.4 Å². The number of aromatic nitrogens is 2. The van der Waals surface area contributed by atoms with Gasteiger partial charge in [0.1, 0.15) is 0 Å². The molecule has 3 N–H and O–H groups in total. The minimum Gasteiger partial charge on any atom is -0.366 e. The van der Waals surface area contributed by atoms with Crippen molar-refractivity contribution in [2.45, 2.75) is 13.0 Å². The van der Waals surface area contributed by atoms with Crippen LogP contribution in [0.3, 0.4) is 0 Å². The van der Waals surface area contributed by atoms with Crippen LogP contribution in [-0.4, -0.2) is 22.2 Å². The van der Waals surface area contributed by atoms with E-state index in [4.69, 9.17) is 5.73 Å². The molecule has 5 heteroatoms. The van der Waals surface area contributed by atoms with Gasteiger partial charge in [-0.15, -0.1) is 0 Å². The summed E-state index contributed by atoms with van der Waals surface area (Å²) in [6.07, 6.45) is 2.79. The Morgan fingerprint density at radius 1 is 1.37 bits per heavy atom. The number of hydrogen-bond donors (Lipinski definition) is 2. The fraction of sp³-hybridized carbons (Fsp3) is 0.286. The summed E-state index contributed by atoms with van der Waals surface area (Å²) < 4.78 is 1.79. The molecule has 1 amide bonds. The highest BCUT2D eigenvalue weighted by molar-refractivity contribution is 5.94. The molecule has 1 aromatic heterocycles. The van der Waals surface area contributed by atoms with Gasteiger partial charge in [0.25, 0.3) is 0 Å². The summed E-state index contributed by atoms with van der Waals surface area (Å²) in [5.41, 5.74) is 7.89. The molecular weight excluding hydrogens is 240 g/mol. The number of carbonyl (C=O) groups is 1. The maximum atomic E-state index is 11.3. The van der Waals surface area contributed by atoms with Gasteiger partial charge in [-0.3, -0.25) is 9.48 Å². The zero-order valence-corrected chi connectivity index (χ0v) is 11.0. The molecule has 0 spiro atoms. The van der Waals surface area contributed by atoms with E-state index in [0.717, 1.165) is 24.2 Å². The van der Waals surface area contributed by atoms with Crippen LogP contribution in [0, 0.1) is 0 Å². The monoisotopic (exact) mass is 258 g/mol. The van der Waals surface area contributed by atoms with Gasteiger partial charge in [-0.25, -0.2) is 0 Å². The quantitative estimate of drug-likeness (QED) is 0.754. The number of aryl methyl sites for hydroxylation is 1. The highest BCUT2D eigenvalue weighted by Crippen LogP contribution is 2.07. The number of nitrogens with one attached hydrogen (secondary N) is 1. The first kappa shape index (κ1) is 13.3. The van der Waals surface area contributed by atoms with Gasteiger partial charge in [-0.1, -0.05) is 18.2 Å². The Morgan fingerprint density at radius 2 is 2.16 bits per heavy atom. The third-order valence-electron chi connectivity index (χ3n) is 2.93. The number of rotatable bonds is 6. The van der Waals surface area contributed by atoms with Crippen molar-refractivity contribution < 1.29 is 4.79 Å². The summed E-state index contributed by atoms with van der Waals surface area (Å²) in [6.45, 7) is 1.44. The summed E-state index contributed by atoms with van der Waals surface area (Å²) in [5.74, 6) is -0.387. The second-order valence-corrected chi connectivity index (χ2v) is 4.43. The predicted octanol–water partition coefficient (Wildman–Crippen LogP) is 0.851. The first-order valence-corrected chi connectivity index (χ1v) is 6.24. The van der Waals surface area contributed by atoms with Gasteiger partial charge in [-0.05, 0) is 17.7 Å². The fourth-order valence-corrected chi connectivity index (χ4v) is 1.95. The maximum Gasteiger partial charge on any atom is 0.249 e. The maximum absolute atomic E-state index is 11.3. The highest BCUT2D eigenvalue weighted by atomic mass is 16.1. The Kier molecular flexibility index (Phi) is 4.30. The predicted molar refractivity (Wildman–Crippen MR) is 73.6 cm³/mol. The third kappa shape index (κ3) is 3.66. The smallest absolute Gasteiger partial charge is 0.249 e. The van der Waals surface area contributed by atoms with E-state index >= 15 is 0 Å². The molecule has 100 valence electrons. The van der Waals surface area contributed by atoms with Crippen molar-refractivity contribution >= 4 is 5.91 Å². The summed E-state index contributed by atoms with van der Waals surface area (Å²) >= 11 is 0. The van der Waals surface area contributed by atoms with Crippen LogP contribution in [0.4, 0.5) is 0 Å². The fourth-order valence-electron chi connectivity index (χ4n) is 1.95. The van der Waals surface area contributed by atoms with Gasteiger partial charge in [0.2, 0.25) is 5.91 Å². The van der Waals surface area contributed by atoms with Gasteiger partial charge in [0.15, 0.2) is 0 Å². The first-order valence-electron chi connectivity index (χ1n) is 6.24. The molecule has 0 radical (unpaired) electrons. The normalized spacial score (nSPS) is 10.6. The molecule has 0 aliphatic rings. The van der Waals surface area contributed by atoms with Gasteiger partial charge in [0, 0.05) is 38.3 Å². The highest BCUT2D eigenvalue weighted by Gasteiger charge is 2.06. The van der Waals surface area contributed by atoms with E-state index in [1.807, 2.05) is 37.5 Å². The zero-order valence-electron chi connectivity index (χ0n) is 11.0. The minimum atomic E-state index is -0.387. The molecule has 2 rings (SSSR count). The number of nitrogens with two attached hydrogens (primary N) is 1. The lowest BCUT2D eigenvalue weighted by molar-refractivity contribution is 0.0999. The third-order valence-corrected chi connectivity index (χ3v) is 2.93. The van der Waals surface area contributed by atoms with Crippen LogP contribution in [0.15, 0.2) is 36.5 Å². The Morgan fingerprint density at radius 3 is 2.84 bits per heavy atom. The van der Waals surface area contributed by atoms with Gasteiger partial charge in [-0.2, -0.15) is 5.10 Å². The van der Waals surface area contributed by atoms with Crippen LogP contribution in [0.1, 0.15) is 21.6 Å². The van der Waals surface area contributed by atoms with Crippen molar-refractivity contribution in [3.05, 3.63) is 53.3 Å². The molecule has 1 aromatic carbocycles. The zero-order chi connectivity index (χ0) is 13.7. The van der Waals surface area contributed by atoms with E-state index in [-0.39, 0.29) is 5.91 Å². The van der Waals surface area contributed by atoms with Crippen molar-refractivity contribution in [3.8, 4) is 0 Å². The summed E-state index contributed by atoms with van der Waals surface area (Å²) in [4.78, 5) is 11.3. The number of nitrogens with zero attached hydrogens (tertiary/aromatic N) is 2. The summed E-state index contributed by atoms with van der Waals surface area (Å²) in [7, 11) is 1.90. The van der Waals surface area contributed by atoms with Crippen molar-refractivity contribution in [2.24, 2.45) is 12.8 Å². The first-order chi connectivity index (χ1) is 9.16. The average Bonchev–Trinajstić information content (AvgIpc) is 2.81. The molecule has 19 heavy (non-hydrogen) atoms. The van der Waals surface area contributed by atoms with Crippen LogP contribution in [0.25, 0.3) is 0 Å². The number of benzene rings is 1. The number of carbonyl (C=O) groups excluding carboxylic acids is 1. The van der Waals surface area contributed by atoms with Crippen molar-refractivity contribution in [3.63, 3.8) is 0 Å². The molecule has 1 heterocycles. The Bertz CT molecular complexity index is 562. The molecule has 0 bridgehead atoms. The largest absolute Gasteiger partial charge is 0.366 e. The molecule has 0 fully saturated rings. The topological polar surface area (TPSA) is 72.9 Å². The number of hydrogen-bond acceptors (Lipinski definition) is 3. The lowest BCUT2D eigenvalue weighted by atomic mass is 10.1. The van der Waals surface area contributed by atoms with E-state index in [0.29, 0.717) is 12.1 Å². The lowest BCUT2D eigenvalue weighted by Gasteiger charge is -2.07.